The van der Waals surface area contributed by atoms with E-state index in [1.165, 1.54) is 24.3 Å². The molecule has 0 aromatic heterocycles. The lowest BCUT2D eigenvalue weighted by Crippen LogP contribution is -2.23. The average molecular weight is 463 g/mol. The normalized spacial score (nSPS) is 17.9. The van der Waals surface area contributed by atoms with Crippen LogP contribution >= 0.6 is 0 Å². The largest absolute Gasteiger partial charge is 0.282 e. The second-order valence-electron chi connectivity index (χ2n) is 7.50. The zero-order valence-corrected chi connectivity index (χ0v) is 18.5. The first kappa shape index (κ1) is 20.5. The molecule has 0 heterocycles. The van der Waals surface area contributed by atoms with E-state index in [0.29, 0.717) is 5.56 Å². The Bertz CT molecular complexity index is 1520. The van der Waals surface area contributed by atoms with Crippen molar-refractivity contribution in [3.05, 3.63) is 102 Å². The summed E-state index contributed by atoms with van der Waals surface area (Å²) in [6, 6.07) is 21.3. The van der Waals surface area contributed by atoms with Crippen molar-refractivity contribution in [2.45, 2.75) is 22.6 Å². The van der Waals surface area contributed by atoms with Crippen LogP contribution in [0.2, 0.25) is 0 Å². The number of allylic oxidation sites excluding steroid dienone is 2. The molecule has 32 heavy (non-hydrogen) atoms. The highest BCUT2D eigenvalue weighted by atomic mass is 32.2. The molecule has 0 unspecified atom stereocenters. The van der Waals surface area contributed by atoms with Crippen molar-refractivity contribution in [3.63, 3.8) is 0 Å². The van der Waals surface area contributed by atoms with Crippen LogP contribution in [0.4, 0.5) is 0 Å². The molecule has 3 aromatic rings. The summed E-state index contributed by atoms with van der Waals surface area (Å²) in [5.41, 5.74) is 3.59. The van der Waals surface area contributed by atoms with Gasteiger partial charge in [-0.1, -0.05) is 54.6 Å². The number of nitrogens with zero attached hydrogens (tertiary/aromatic N) is 2. The number of rotatable bonds is 4. The molecule has 5 rings (SSSR count). The van der Waals surface area contributed by atoms with E-state index in [1.807, 2.05) is 12.1 Å². The lowest BCUT2D eigenvalue weighted by molar-refractivity contribution is 0.596. The van der Waals surface area contributed by atoms with Crippen molar-refractivity contribution in [1.82, 2.24) is 0 Å². The summed E-state index contributed by atoms with van der Waals surface area (Å²) >= 11 is 0. The van der Waals surface area contributed by atoms with Crippen LogP contribution in [-0.2, 0) is 26.5 Å². The number of sulfonamides is 2. The van der Waals surface area contributed by atoms with Crippen molar-refractivity contribution in [3.8, 4) is 0 Å². The van der Waals surface area contributed by atoms with Crippen molar-refractivity contribution < 1.29 is 16.8 Å². The third-order valence-electron chi connectivity index (χ3n) is 5.46. The Morgan fingerprint density at radius 1 is 0.625 bits per heavy atom. The van der Waals surface area contributed by atoms with Gasteiger partial charge < -0.3 is 0 Å². The first-order valence-electron chi connectivity index (χ1n) is 9.99. The first-order valence-corrected chi connectivity index (χ1v) is 12.9. The van der Waals surface area contributed by atoms with Crippen molar-refractivity contribution in [2.75, 3.05) is 0 Å². The molecular formula is C24H18N2O4S2. The van der Waals surface area contributed by atoms with Crippen molar-refractivity contribution in [2.24, 2.45) is 8.80 Å². The lowest BCUT2D eigenvalue weighted by Gasteiger charge is -2.18. The molecule has 0 saturated heterocycles. The van der Waals surface area contributed by atoms with Gasteiger partial charge in [0.25, 0.3) is 20.0 Å². The van der Waals surface area contributed by atoms with E-state index in [1.54, 1.807) is 48.5 Å². The van der Waals surface area contributed by atoms with Gasteiger partial charge in [0.15, 0.2) is 0 Å². The predicted molar refractivity (Wildman–Crippen MR) is 124 cm³/mol. The molecule has 0 amide bonds. The number of hydrogen-bond acceptors (Lipinski definition) is 4. The molecule has 0 atom stereocenters. The van der Waals surface area contributed by atoms with Crippen LogP contribution in [0.1, 0.15) is 23.1 Å². The van der Waals surface area contributed by atoms with Crippen LogP contribution in [-0.4, -0.2) is 28.3 Å². The maximum atomic E-state index is 13.1. The average Bonchev–Trinajstić information content (AvgIpc) is 3.21. The van der Waals surface area contributed by atoms with E-state index < -0.39 is 20.0 Å². The summed E-state index contributed by atoms with van der Waals surface area (Å²) in [5, 5.41) is 0. The van der Waals surface area contributed by atoms with Crippen LogP contribution in [0.15, 0.2) is 104 Å². The van der Waals surface area contributed by atoms with Crippen LogP contribution in [0.3, 0.4) is 0 Å². The SMILES string of the molecule is O=S(=O)(N=C1C=C2CCc3cccc(c32)C1=NS(=O)(=O)c1ccccc1)c1ccccc1. The summed E-state index contributed by atoms with van der Waals surface area (Å²) in [5.74, 6) is 0. The van der Waals surface area contributed by atoms with Crippen molar-refractivity contribution >= 4 is 37.0 Å². The minimum atomic E-state index is -4.08. The Morgan fingerprint density at radius 2 is 1.22 bits per heavy atom. The van der Waals surface area contributed by atoms with Gasteiger partial charge in [0.05, 0.1) is 9.79 Å². The van der Waals surface area contributed by atoms with Crippen LogP contribution in [0, 0.1) is 0 Å². The Hall–Kier alpha value is -3.36. The number of hydrogen-bond donors (Lipinski definition) is 0. The fourth-order valence-electron chi connectivity index (χ4n) is 4.00. The van der Waals surface area contributed by atoms with Gasteiger partial charge >= 0.3 is 0 Å². The summed E-state index contributed by atoms with van der Waals surface area (Å²) < 4.78 is 60.2. The van der Waals surface area contributed by atoms with Gasteiger partial charge in [-0.25, -0.2) is 0 Å². The molecule has 0 fully saturated rings. The third kappa shape index (κ3) is 3.61. The number of benzene rings is 3. The summed E-state index contributed by atoms with van der Waals surface area (Å²) in [4.78, 5) is 0.0576. The Kier molecular flexibility index (Phi) is 4.91. The highest BCUT2D eigenvalue weighted by Gasteiger charge is 2.31. The topological polar surface area (TPSA) is 93.0 Å². The van der Waals surface area contributed by atoms with E-state index in [9.17, 15) is 16.8 Å². The predicted octanol–water partition coefficient (Wildman–Crippen LogP) is 4.04. The molecule has 2 aliphatic rings. The molecule has 3 aromatic carbocycles. The Balaban J connectivity index is 1.75. The fraction of sp³-hybridized carbons (Fsp3) is 0.0833. The molecule has 0 saturated carbocycles. The van der Waals surface area contributed by atoms with E-state index in [2.05, 4.69) is 8.80 Å². The lowest BCUT2D eigenvalue weighted by atomic mass is 9.89. The van der Waals surface area contributed by atoms with E-state index in [4.69, 9.17) is 0 Å². The standard InChI is InChI=1S/C24H18N2O4S2/c27-31(28,19-9-3-1-4-10-19)25-22-16-18-15-14-17-8-7-13-21(23(17)18)24(22)26-32(29,30)20-11-5-2-6-12-20/h1-13,16H,14-15H2. The highest BCUT2D eigenvalue weighted by molar-refractivity contribution is 7.91. The molecule has 0 spiro atoms. The quantitative estimate of drug-likeness (QED) is 0.585. The van der Waals surface area contributed by atoms with Crippen LogP contribution in [0.25, 0.3) is 5.57 Å². The molecule has 160 valence electrons. The maximum absolute atomic E-state index is 13.1. The van der Waals surface area contributed by atoms with Gasteiger partial charge in [-0.3, -0.25) is 0 Å². The molecule has 0 N–H and O–H groups in total. The van der Waals surface area contributed by atoms with Gasteiger partial charge in [0.2, 0.25) is 0 Å². The fourth-order valence-corrected chi connectivity index (χ4v) is 6.04. The summed E-state index contributed by atoms with van der Waals surface area (Å²) in [7, 11) is -8.15. The molecule has 0 radical (unpaired) electrons. The van der Waals surface area contributed by atoms with E-state index in [0.717, 1.165) is 29.5 Å². The summed E-state index contributed by atoms with van der Waals surface area (Å²) in [6.45, 7) is 0. The first-order chi connectivity index (χ1) is 15.4. The van der Waals surface area contributed by atoms with Crippen LogP contribution < -0.4 is 0 Å². The second kappa shape index (κ2) is 7.65. The van der Waals surface area contributed by atoms with Gasteiger partial charge in [-0.2, -0.15) is 25.6 Å². The van der Waals surface area contributed by atoms with Gasteiger partial charge in [-0.15, -0.1) is 0 Å². The third-order valence-corrected chi connectivity index (χ3v) is 8.05. The zero-order chi connectivity index (χ0) is 22.3. The minimum absolute atomic E-state index is 0.0231. The Labute approximate surface area is 186 Å². The van der Waals surface area contributed by atoms with Gasteiger partial charge in [0, 0.05) is 5.56 Å². The number of aryl methyl sites for hydroxylation is 1. The Morgan fingerprint density at radius 3 is 1.84 bits per heavy atom. The molecule has 0 aliphatic heterocycles. The van der Waals surface area contributed by atoms with E-state index in [-0.39, 0.29) is 21.2 Å². The molecule has 8 heteroatoms. The molecule has 0 bridgehead atoms. The monoisotopic (exact) mass is 462 g/mol. The summed E-state index contributed by atoms with van der Waals surface area (Å²) in [6.07, 6.45) is 3.18. The highest BCUT2D eigenvalue weighted by Crippen LogP contribution is 2.38. The van der Waals surface area contributed by atoms with Crippen LogP contribution in [0.5, 0.6) is 0 Å². The maximum Gasteiger partial charge on any atom is 0.282 e. The van der Waals surface area contributed by atoms with Gasteiger partial charge in [-0.05, 0) is 59.9 Å². The smallest absolute Gasteiger partial charge is 0.199 e. The molecular weight excluding hydrogens is 444 g/mol. The second-order valence-corrected chi connectivity index (χ2v) is 10.7. The van der Waals surface area contributed by atoms with Crippen molar-refractivity contribution in [1.29, 1.82) is 0 Å². The molecule has 2 aliphatic carbocycles. The molecule has 6 nitrogen and oxygen atoms in total. The van der Waals surface area contributed by atoms with Gasteiger partial charge in [0.1, 0.15) is 11.4 Å². The van der Waals surface area contributed by atoms with E-state index >= 15 is 0 Å². The zero-order valence-electron chi connectivity index (χ0n) is 16.8. The minimum Gasteiger partial charge on any atom is -0.199 e.